The van der Waals surface area contributed by atoms with Crippen LogP contribution in [0.4, 0.5) is 11.6 Å². The summed E-state index contributed by atoms with van der Waals surface area (Å²) in [7, 11) is 1.62. The molecule has 2 N–H and O–H groups in total. The van der Waals surface area contributed by atoms with Gasteiger partial charge in [0.2, 0.25) is 5.91 Å². The number of nitrogens with zero attached hydrogens (tertiary/aromatic N) is 6. The van der Waals surface area contributed by atoms with E-state index in [1.807, 2.05) is 24.0 Å². The number of carbonyl (C=O) groups excluding carboxylic acids is 1. The van der Waals surface area contributed by atoms with Crippen molar-refractivity contribution < 1.29 is 11.0 Å². The van der Waals surface area contributed by atoms with Crippen molar-refractivity contribution in [1.82, 2.24) is 30.1 Å². The van der Waals surface area contributed by atoms with E-state index in [-0.39, 0.29) is 13.9 Å². The lowest BCUT2D eigenvalue weighted by atomic mass is 10.1. The number of methoxy groups -OCH3 is 1. The smallest absolute Gasteiger partial charge is 0.245 e. The minimum Gasteiger partial charge on any atom is -0.383 e. The van der Waals surface area contributed by atoms with Gasteiger partial charge in [-0.15, -0.1) is 0 Å². The van der Waals surface area contributed by atoms with Crippen molar-refractivity contribution in [3.8, 4) is 22.8 Å². The first-order valence-corrected chi connectivity index (χ1v) is 8.40. The quantitative estimate of drug-likeness (QED) is 0.691. The largest absolute Gasteiger partial charge is 0.383 e. The topological polar surface area (TPSA) is 122 Å². The van der Waals surface area contributed by atoms with Gasteiger partial charge in [0.15, 0.2) is 17.5 Å². The highest BCUT2D eigenvalue weighted by atomic mass is 16.5. The monoisotopic (exact) mass is 368 g/mol. The van der Waals surface area contributed by atoms with Crippen LogP contribution in [-0.2, 0) is 9.53 Å². The molecule has 0 fully saturated rings. The second-order valence-electron chi connectivity index (χ2n) is 6.05. The molecule has 3 aromatic heterocycles. The molecule has 4 rings (SSSR count). The molecule has 10 heteroatoms. The summed E-state index contributed by atoms with van der Waals surface area (Å²) in [5, 5.41) is 9.40. The lowest BCUT2D eigenvalue weighted by molar-refractivity contribution is -0.115. The van der Waals surface area contributed by atoms with Gasteiger partial charge in [0.1, 0.15) is 12.0 Å². The van der Waals surface area contributed by atoms with Crippen molar-refractivity contribution in [2.24, 2.45) is 0 Å². The van der Waals surface area contributed by atoms with E-state index in [1.54, 1.807) is 13.3 Å². The van der Waals surface area contributed by atoms with Crippen molar-refractivity contribution >= 4 is 17.5 Å². The number of pyridine rings is 1. The molecule has 0 unspecified atom stereocenters. The van der Waals surface area contributed by atoms with Crippen LogP contribution in [0.5, 0.6) is 0 Å². The molecule has 4 heterocycles. The number of H-pyrrole nitrogens is 1. The molecule has 27 heavy (non-hydrogen) atoms. The van der Waals surface area contributed by atoms with Gasteiger partial charge in [-0.2, -0.15) is 5.10 Å². The highest BCUT2D eigenvalue weighted by molar-refractivity contribution is 5.99. The van der Waals surface area contributed by atoms with Gasteiger partial charge in [-0.1, -0.05) is 0 Å². The Balaban J connectivity index is 0.00000225. The summed E-state index contributed by atoms with van der Waals surface area (Å²) in [6.45, 7) is 3.17. The number of aromatic amines is 1. The van der Waals surface area contributed by atoms with Gasteiger partial charge < -0.3 is 15.0 Å². The van der Waals surface area contributed by atoms with Crippen LogP contribution in [0.1, 0.15) is 7.12 Å². The highest BCUT2D eigenvalue weighted by Crippen LogP contribution is 2.29. The normalized spacial score (nSPS) is 13.4. The number of nitrogens with one attached hydrogen (secondary N) is 2. The number of ether oxygens (including phenoxy) is 1. The lowest BCUT2D eigenvalue weighted by Crippen LogP contribution is -2.41. The molecule has 0 saturated carbocycles. The van der Waals surface area contributed by atoms with E-state index in [4.69, 9.17) is 9.72 Å². The maximum Gasteiger partial charge on any atom is 0.245 e. The van der Waals surface area contributed by atoms with Crippen LogP contribution in [0, 0.1) is 6.92 Å². The van der Waals surface area contributed by atoms with E-state index in [1.165, 1.54) is 6.33 Å². The van der Waals surface area contributed by atoms with Crippen molar-refractivity contribution in [2.45, 2.75) is 6.92 Å². The van der Waals surface area contributed by atoms with E-state index >= 15 is 0 Å². The van der Waals surface area contributed by atoms with Crippen LogP contribution in [0.25, 0.3) is 22.8 Å². The average molecular weight is 368 g/mol. The van der Waals surface area contributed by atoms with Crippen LogP contribution < -0.4 is 10.2 Å². The summed E-state index contributed by atoms with van der Waals surface area (Å²) in [6.07, 6.45) is 3.08. The predicted octanol–water partition coefficient (Wildman–Crippen LogP) is 1.28. The summed E-state index contributed by atoms with van der Waals surface area (Å²) in [5.41, 5.74) is 3.04. The Labute approximate surface area is 156 Å². The van der Waals surface area contributed by atoms with Gasteiger partial charge >= 0.3 is 0 Å². The van der Waals surface area contributed by atoms with E-state index in [0.717, 1.165) is 11.3 Å². The maximum absolute atomic E-state index is 11.9. The lowest BCUT2D eigenvalue weighted by Gasteiger charge is -2.29. The molecule has 3 aromatic rings. The number of hydrogen-bond acceptors (Lipinski definition) is 8. The Morgan fingerprint density at radius 3 is 2.89 bits per heavy atom. The molecule has 0 saturated heterocycles. The third-order valence-corrected chi connectivity index (χ3v) is 4.23. The molecular weight excluding hydrogens is 348 g/mol. The minimum atomic E-state index is -0.116. The Bertz CT molecular complexity index is 979. The second-order valence-corrected chi connectivity index (χ2v) is 6.05. The number of amides is 1. The first kappa shape index (κ1) is 17.0. The van der Waals surface area contributed by atoms with Gasteiger partial charge in [0, 0.05) is 26.3 Å². The van der Waals surface area contributed by atoms with Gasteiger partial charge in [-0.25, -0.2) is 19.9 Å². The number of fused-ring (bicyclic) bond motifs is 1. The first-order valence-electron chi connectivity index (χ1n) is 8.40. The first-order chi connectivity index (χ1) is 13.2. The molecule has 1 aliphatic rings. The van der Waals surface area contributed by atoms with E-state index in [2.05, 4.69) is 30.5 Å². The Hall–Kier alpha value is -3.40. The third-order valence-electron chi connectivity index (χ3n) is 4.23. The van der Waals surface area contributed by atoms with Crippen LogP contribution in [0.2, 0.25) is 0 Å². The molecule has 140 valence electrons. The molecule has 1 aliphatic heterocycles. The minimum absolute atomic E-state index is 0. The number of aromatic nitrogens is 6. The van der Waals surface area contributed by atoms with Gasteiger partial charge in [-0.05, 0) is 19.1 Å². The predicted molar refractivity (Wildman–Crippen MR) is 100 cm³/mol. The second kappa shape index (κ2) is 7.08. The Morgan fingerprint density at radius 2 is 2.15 bits per heavy atom. The zero-order valence-electron chi connectivity index (χ0n) is 14.9. The fourth-order valence-corrected chi connectivity index (χ4v) is 2.92. The average Bonchev–Trinajstić information content (AvgIpc) is 3.20. The molecule has 0 radical (unpaired) electrons. The van der Waals surface area contributed by atoms with Gasteiger partial charge in [0.05, 0.1) is 25.0 Å². The summed E-state index contributed by atoms with van der Waals surface area (Å²) >= 11 is 0. The molecule has 0 aromatic carbocycles. The number of rotatable bonds is 5. The molecule has 0 bridgehead atoms. The summed E-state index contributed by atoms with van der Waals surface area (Å²) < 4.78 is 5.13. The molecule has 0 aliphatic carbocycles. The highest BCUT2D eigenvalue weighted by Gasteiger charge is 2.25. The summed E-state index contributed by atoms with van der Waals surface area (Å²) in [4.78, 5) is 31.5. The number of aryl methyl sites for hydroxylation is 1. The van der Waals surface area contributed by atoms with Crippen LogP contribution in [-0.4, -0.2) is 62.8 Å². The molecule has 0 spiro atoms. The Morgan fingerprint density at radius 1 is 1.26 bits per heavy atom. The van der Waals surface area contributed by atoms with E-state index in [0.29, 0.717) is 42.0 Å². The van der Waals surface area contributed by atoms with Crippen LogP contribution in [0.3, 0.4) is 0 Å². The Kier molecular flexibility index (Phi) is 4.47. The maximum atomic E-state index is 11.9. The van der Waals surface area contributed by atoms with Crippen molar-refractivity contribution in [1.29, 1.82) is 0 Å². The summed E-state index contributed by atoms with van der Waals surface area (Å²) in [5.74, 6) is 1.57. The SMILES string of the molecule is COCCN1CC(=O)Nc2ncc(-c3ccc(-c4ncn[nH]4)nc3C)nc21.[HH]. The summed E-state index contributed by atoms with van der Waals surface area (Å²) in [6, 6.07) is 3.78. The standard InChI is InChI=1S/C17H18N8O2.H2/c1-10-11(3-4-12(21-10)15-19-9-20-24-15)13-7-18-16-17(22-13)25(5-6-27-2)8-14(26)23-16;/h3-4,7,9H,5-6,8H2,1-2H3,(H,18,23,26)(H,19,20,24);1H. The number of anilines is 2. The van der Waals surface area contributed by atoms with Crippen molar-refractivity contribution in [2.75, 3.05) is 37.0 Å². The van der Waals surface area contributed by atoms with E-state index in [9.17, 15) is 4.79 Å². The number of carbonyl (C=O) groups is 1. The molecule has 10 nitrogen and oxygen atoms in total. The van der Waals surface area contributed by atoms with Crippen LogP contribution >= 0.6 is 0 Å². The van der Waals surface area contributed by atoms with Crippen molar-refractivity contribution in [3.63, 3.8) is 0 Å². The van der Waals surface area contributed by atoms with Crippen LogP contribution in [0.15, 0.2) is 24.7 Å². The van der Waals surface area contributed by atoms with Gasteiger partial charge in [-0.3, -0.25) is 9.89 Å². The zero-order valence-corrected chi connectivity index (χ0v) is 14.9. The molecule has 1 amide bonds. The van der Waals surface area contributed by atoms with Crippen molar-refractivity contribution in [3.05, 3.63) is 30.4 Å². The molecular formula is C17H20N8O2. The third kappa shape index (κ3) is 3.34. The zero-order chi connectivity index (χ0) is 18.8. The fraction of sp³-hybridized carbons (Fsp3) is 0.294. The van der Waals surface area contributed by atoms with Gasteiger partial charge in [0.25, 0.3) is 0 Å². The number of hydrogen-bond donors (Lipinski definition) is 2. The fourth-order valence-electron chi connectivity index (χ4n) is 2.92. The molecule has 0 atom stereocenters. The van der Waals surface area contributed by atoms with E-state index < -0.39 is 0 Å².